The van der Waals surface area contributed by atoms with E-state index >= 15 is 0 Å². The highest BCUT2D eigenvalue weighted by atomic mass is 16.5. The lowest BCUT2D eigenvalue weighted by atomic mass is 9.98. The van der Waals surface area contributed by atoms with E-state index in [2.05, 4.69) is 43.3 Å². The van der Waals surface area contributed by atoms with Crippen LogP contribution < -0.4 is 4.74 Å². The Hall–Kier alpha value is -3.33. The Balaban J connectivity index is 1.48. The molecule has 4 rings (SSSR count). The van der Waals surface area contributed by atoms with E-state index in [0.717, 1.165) is 29.7 Å². The van der Waals surface area contributed by atoms with Crippen LogP contribution in [-0.4, -0.2) is 11.1 Å². The summed E-state index contributed by atoms with van der Waals surface area (Å²) in [6.45, 7) is 2.67. The molecule has 0 aromatic heterocycles. The lowest BCUT2D eigenvalue weighted by Gasteiger charge is -2.15. The molecule has 30 heavy (non-hydrogen) atoms. The van der Waals surface area contributed by atoms with Crippen molar-refractivity contribution < 1.29 is 14.6 Å². The Morgan fingerprint density at radius 2 is 1.80 bits per heavy atom. The van der Waals surface area contributed by atoms with Crippen molar-refractivity contribution >= 4 is 12.0 Å². The first-order chi connectivity index (χ1) is 14.6. The van der Waals surface area contributed by atoms with E-state index in [9.17, 15) is 4.79 Å². The molecule has 0 heterocycles. The summed E-state index contributed by atoms with van der Waals surface area (Å²) in [6, 6.07) is 24.7. The topological polar surface area (TPSA) is 46.5 Å². The molecule has 3 aromatic rings. The van der Waals surface area contributed by atoms with Gasteiger partial charge in [0.15, 0.2) is 0 Å². The van der Waals surface area contributed by atoms with Gasteiger partial charge in [-0.05, 0) is 65.5 Å². The molecule has 0 amide bonds. The highest BCUT2D eigenvalue weighted by Crippen LogP contribution is 2.52. The lowest BCUT2D eigenvalue weighted by Crippen LogP contribution is -2.01. The first-order valence-electron chi connectivity index (χ1n) is 10.4. The molecule has 3 aromatic carbocycles. The van der Waals surface area contributed by atoms with Crippen LogP contribution in [0.25, 0.3) is 6.08 Å². The average Bonchev–Trinajstić information content (AvgIpc) is 3.51. The maximum atomic E-state index is 10.9. The van der Waals surface area contributed by atoms with Gasteiger partial charge in [-0.1, -0.05) is 72.8 Å². The number of aliphatic carboxylic acids is 1. The van der Waals surface area contributed by atoms with Gasteiger partial charge in [0.25, 0.3) is 0 Å². The van der Waals surface area contributed by atoms with Crippen LogP contribution in [0.3, 0.4) is 0 Å². The normalized spacial score (nSPS) is 17.8. The van der Waals surface area contributed by atoms with Gasteiger partial charge < -0.3 is 9.84 Å². The van der Waals surface area contributed by atoms with Gasteiger partial charge in [0.2, 0.25) is 0 Å². The third-order valence-corrected chi connectivity index (χ3v) is 5.73. The SMILES string of the molecule is Cc1cccc(C2CC2Cc2ccccc2/C=C/C(=O)O)c1OCc1ccccc1. The van der Waals surface area contributed by atoms with E-state index < -0.39 is 5.97 Å². The molecule has 2 unspecified atom stereocenters. The fraction of sp³-hybridized carbons (Fsp3) is 0.222. The molecular weight excluding hydrogens is 372 g/mol. The first kappa shape index (κ1) is 20.0. The van der Waals surface area contributed by atoms with Gasteiger partial charge in [0.1, 0.15) is 12.4 Å². The number of hydrogen-bond acceptors (Lipinski definition) is 2. The van der Waals surface area contributed by atoms with E-state index in [1.54, 1.807) is 6.08 Å². The third kappa shape index (κ3) is 4.80. The monoisotopic (exact) mass is 398 g/mol. The molecule has 2 atom stereocenters. The van der Waals surface area contributed by atoms with E-state index in [4.69, 9.17) is 9.84 Å². The van der Waals surface area contributed by atoms with Crippen molar-refractivity contribution in [3.8, 4) is 5.75 Å². The summed E-state index contributed by atoms with van der Waals surface area (Å²) in [7, 11) is 0. The van der Waals surface area contributed by atoms with E-state index in [1.807, 2.05) is 36.4 Å². The number of carboxylic acids is 1. The Kier molecular flexibility index (Phi) is 5.99. The van der Waals surface area contributed by atoms with Crippen LogP contribution in [0.1, 0.15) is 40.2 Å². The van der Waals surface area contributed by atoms with E-state index in [0.29, 0.717) is 18.4 Å². The maximum absolute atomic E-state index is 10.9. The van der Waals surface area contributed by atoms with E-state index in [1.165, 1.54) is 22.8 Å². The quantitative estimate of drug-likeness (QED) is 0.472. The molecule has 1 aliphatic carbocycles. The first-order valence-corrected chi connectivity index (χ1v) is 10.4. The summed E-state index contributed by atoms with van der Waals surface area (Å²) < 4.78 is 6.27. The number of rotatable bonds is 8. The Bertz CT molecular complexity index is 1050. The predicted molar refractivity (Wildman–Crippen MR) is 120 cm³/mol. The average molecular weight is 399 g/mol. The molecule has 3 nitrogen and oxygen atoms in total. The Morgan fingerprint density at radius 3 is 2.60 bits per heavy atom. The molecule has 1 N–H and O–H groups in total. The molecule has 0 spiro atoms. The van der Waals surface area contributed by atoms with Crippen LogP contribution in [0.2, 0.25) is 0 Å². The summed E-state index contributed by atoms with van der Waals surface area (Å²) in [4.78, 5) is 10.9. The Morgan fingerprint density at radius 1 is 1.03 bits per heavy atom. The van der Waals surface area contributed by atoms with Crippen molar-refractivity contribution in [3.63, 3.8) is 0 Å². The predicted octanol–water partition coefficient (Wildman–Crippen LogP) is 6.02. The standard InChI is InChI=1S/C27H26O3/c1-19-8-7-13-24(27(19)30-18-20-9-3-2-4-10-20)25-17-23(25)16-22-12-6-5-11-21(22)14-15-26(28)29/h2-15,23,25H,16-18H2,1H3,(H,28,29)/b15-14+. The molecule has 1 fully saturated rings. The highest BCUT2D eigenvalue weighted by Gasteiger charge is 2.40. The van der Waals surface area contributed by atoms with Crippen molar-refractivity contribution in [1.82, 2.24) is 0 Å². The zero-order valence-electron chi connectivity index (χ0n) is 17.1. The largest absolute Gasteiger partial charge is 0.488 e. The summed E-state index contributed by atoms with van der Waals surface area (Å²) in [5.74, 6) is 1.11. The van der Waals surface area contributed by atoms with Gasteiger partial charge in [-0.25, -0.2) is 4.79 Å². The van der Waals surface area contributed by atoms with Gasteiger partial charge in [0.05, 0.1) is 0 Å². The minimum Gasteiger partial charge on any atom is -0.488 e. The molecule has 1 aliphatic rings. The smallest absolute Gasteiger partial charge is 0.328 e. The lowest BCUT2D eigenvalue weighted by molar-refractivity contribution is -0.131. The minimum atomic E-state index is -0.922. The second kappa shape index (κ2) is 9.00. The molecule has 152 valence electrons. The summed E-state index contributed by atoms with van der Waals surface area (Å²) >= 11 is 0. The summed E-state index contributed by atoms with van der Waals surface area (Å²) in [5.41, 5.74) is 5.80. The number of ether oxygens (including phenoxy) is 1. The van der Waals surface area contributed by atoms with Crippen molar-refractivity contribution in [2.24, 2.45) is 5.92 Å². The molecular formula is C27H26O3. The molecule has 0 aliphatic heterocycles. The number of para-hydroxylation sites is 1. The van der Waals surface area contributed by atoms with Crippen LogP contribution in [0.4, 0.5) is 0 Å². The van der Waals surface area contributed by atoms with Gasteiger partial charge in [-0.15, -0.1) is 0 Å². The van der Waals surface area contributed by atoms with Crippen molar-refractivity contribution in [1.29, 1.82) is 0 Å². The number of carboxylic acid groups (broad SMARTS) is 1. The van der Waals surface area contributed by atoms with Gasteiger partial charge in [0, 0.05) is 6.08 Å². The molecule has 0 radical (unpaired) electrons. The van der Waals surface area contributed by atoms with Crippen LogP contribution in [0.15, 0.2) is 78.9 Å². The fourth-order valence-electron chi connectivity index (χ4n) is 4.07. The number of aryl methyl sites for hydroxylation is 1. The molecule has 0 saturated heterocycles. The highest BCUT2D eigenvalue weighted by molar-refractivity contribution is 5.85. The minimum absolute atomic E-state index is 0.479. The third-order valence-electron chi connectivity index (χ3n) is 5.73. The second-order valence-electron chi connectivity index (χ2n) is 7.94. The Labute approximate surface area is 177 Å². The van der Waals surface area contributed by atoms with Crippen LogP contribution in [-0.2, 0) is 17.8 Å². The second-order valence-corrected chi connectivity index (χ2v) is 7.94. The summed E-state index contributed by atoms with van der Waals surface area (Å²) in [6.07, 6.45) is 4.97. The zero-order valence-corrected chi connectivity index (χ0v) is 17.1. The molecule has 3 heteroatoms. The number of carbonyl (C=O) groups is 1. The molecule has 0 bridgehead atoms. The van der Waals surface area contributed by atoms with Crippen LogP contribution >= 0.6 is 0 Å². The fourth-order valence-corrected chi connectivity index (χ4v) is 4.07. The maximum Gasteiger partial charge on any atom is 0.328 e. The van der Waals surface area contributed by atoms with Crippen molar-refractivity contribution in [2.45, 2.75) is 32.3 Å². The number of benzene rings is 3. The van der Waals surface area contributed by atoms with Crippen molar-refractivity contribution in [2.75, 3.05) is 0 Å². The van der Waals surface area contributed by atoms with Crippen LogP contribution in [0.5, 0.6) is 5.75 Å². The van der Waals surface area contributed by atoms with Crippen LogP contribution in [0, 0.1) is 12.8 Å². The van der Waals surface area contributed by atoms with Gasteiger partial charge >= 0.3 is 5.97 Å². The zero-order chi connectivity index (χ0) is 20.9. The number of hydrogen-bond donors (Lipinski definition) is 1. The van der Waals surface area contributed by atoms with Gasteiger partial charge in [-0.3, -0.25) is 0 Å². The van der Waals surface area contributed by atoms with Crippen molar-refractivity contribution in [3.05, 3.63) is 107 Å². The van der Waals surface area contributed by atoms with Gasteiger partial charge in [-0.2, -0.15) is 0 Å². The van der Waals surface area contributed by atoms with E-state index in [-0.39, 0.29) is 0 Å². The summed E-state index contributed by atoms with van der Waals surface area (Å²) in [5, 5.41) is 8.94. The molecule has 1 saturated carbocycles.